The first-order chi connectivity index (χ1) is 10.4. The van der Waals surface area contributed by atoms with E-state index in [1.807, 2.05) is 6.07 Å². The van der Waals surface area contributed by atoms with Crippen molar-refractivity contribution in [3.63, 3.8) is 0 Å². The molecule has 1 heterocycles. The van der Waals surface area contributed by atoms with E-state index < -0.39 is 0 Å². The number of aromatic amines is 1. The van der Waals surface area contributed by atoms with Crippen molar-refractivity contribution in [1.82, 2.24) is 10.5 Å². The van der Waals surface area contributed by atoms with E-state index in [1.165, 1.54) is 26.3 Å². The first kappa shape index (κ1) is 14.2. The third-order valence-corrected chi connectivity index (χ3v) is 4.65. The molecule has 0 aliphatic heterocycles. The van der Waals surface area contributed by atoms with Crippen molar-refractivity contribution in [2.24, 2.45) is 0 Å². The van der Waals surface area contributed by atoms with Crippen molar-refractivity contribution in [2.75, 3.05) is 6.54 Å². The summed E-state index contributed by atoms with van der Waals surface area (Å²) >= 11 is 1.79. The highest BCUT2D eigenvalue weighted by Crippen LogP contribution is 2.35. The average Bonchev–Trinajstić information content (AvgIpc) is 2.93. The third kappa shape index (κ3) is 3.29. The Morgan fingerprint density at radius 2 is 1.81 bits per heavy atom. The van der Waals surface area contributed by atoms with Gasteiger partial charge in [0.1, 0.15) is 0 Å². The molecule has 108 valence electrons. The van der Waals surface area contributed by atoms with Crippen LogP contribution in [-0.4, -0.2) is 16.7 Å². The standard InChI is InChI=1S/C17H18N2OS/c20-19-11-5-7-13-6-1-4-10-16(13)21-17-12-18-15-9-3-2-8-14(15)17/h1-4,6,8-10,12,18-20H,5,7,11H2. The van der Waals surface area contributed by atoms with Crippen LogP contribution in [0.15, 0.2) is 64.5 Å². The molecule has 1 aromatic heterocycles. The van der Waals surface area contributed by atoms with E-state index in [-0.39, 0.29) is 0 Å². The molecule has 0 atom stereocenters. The average molecular weight is 298 g/mol. The van der Waals surface area contributed by atoms with E-state index in [0.29, 0.717) is 6.54 Å². The van der Waals surface area contributed by atoms with Gasteiger partial charge in [-0.15, -0.1) is 0 Å². The van der Waals surface area contributed by atoms with E-state index >= 15 is 0 Å². The van der Waals surface area contributed by atoms with Crippen molar-refractivity contribution < 1.29 is 5.21 Å². The predicted molar refractivity (Wildman–Crippen MR) is 87.0 cm³/mol. The van der Waals surface area contributed by atoms with Gasteiger partial charge >= 0.3 is 0 Å². The van der Waals surface area contributed by atoms with Crippen molar-refractivity contribution >= 4 is 22.7 Å². The highest BCUT2D eigenvalue weighted by atomic mass is 32.2. The van der Waals surface area contributed by atoms with Crippen LogP contribution in [0.5, 0.6) is 0 Å². The SMILES string of the molecule is ONCCCc1ccccc1Sc1c[nH]c2ccccc12. The Morgan fingerprint density at radius 3 is 2.71 bits per heavy atom. The monoisotopic (exact) mass is 298 g/mol. The lowest BCUT2D eigenvalue weighted by Crippen LogP contribution is -2.09. The normalized spacial score (nSPS) is 11.1. The second-order valence-electron chi connectivity index (χ2n) is 4.92. The van der Waals surface area contributed by atoms with Gasteiger partial charge < -0.3 is 10.2 Å². The Morgan fingerprint density at radius 1 is 1.00 bits per heavy atom. The fourth-order valence-corrected chi connectivity index (χ4v) is 3.51. The number of hydrogen-bond donors (Lipinski definition) is 3. The van der Waals surface area contributed by atoms with E-state index in [1.54, 1.807) is 11.8 Å². The lowest BCUT2D eigenvalue weighted by molar-refractivity contribution is 0.165. The number of H-pyrrole nitrogens is 1. The quantitative estimate of drug-likeness (QED) is 0.471. The molecule has 3 aromatic rings. The molecule has 0 aliphatic rings. The number of nitrogens with one attached hydrogen (secondary N) is 2. The molecule has 3 rings (SSSR count). The van der Waals surface area contributed by atoms with Gasteiger partial charge in [-0.1, -0.05) is 48.2 Å². The molecular weight excluding hydrogens is 280 g/mol. The van der Waals surface area contributed by atoms with E-state index in [0.717, 1.165) is 12.8 Å². The number of hydroxylamine groups is 1. The van der Waals surface area contributed by atoms with Crippen LogP contribution in [0.4, 0.5) is 0 Å². The molecule has 0 radical (unpaired) electrons. The third-order valence-electron chi connectivity index (χ3n) is 3.48. The molecule has 0 saturated carbocycles. The Balaban J connectivity index is 1.84. The predicted octanol–water partition coefficient (Wildman–Crippen LogP) is 4.23. The summed E-state index contributed by atoms with van der Waals surface area (Å²) in [4.78, 5) is 5.84. The van der Waals surface area contributed by atoms with Crippen LogP contribution in [0.2, 0.25) is 0 Å². The minimum absolute atomic E-state index is 0.617. The molecule has 0 saturated heterocycles. The van der Waals surface area contributed by atoms with Gasteiger partial charge in [0.25, 0.3) is 0 Å². The molecule has 0 aliphatic carbocycles. The van der Waals surface area contributed by atoms with Gasteiger partial charge in [0.15, 0.2) is 0 Å². The van der Waals surface area contributed by atoms with Crippen molar-refractivity contribution in [3.8, 4) is 0 Å². The molecule has 3 N–H and O–H groups in total. The number of aryl methyl sites for hydroxylation is 1. The van der Waals surface area contributed by atoms with Gasteiger partial charge in [-0.3, -0.25) is 0 Å². The number of fused-ring (bicyclic) bond motifs is 1. The molecule has 0 unspecified atom stereocenters. The van der Waals surface area contributed by atoms with Gasteiger partial charge in [0, 0.05) is 33.4 Å². The summed E-state index contributed by atoms with van der Waals surface area (Å²) < 4.78 is 0. The van der Waals surface area contributed by atoms with Gasteiger partial charge in [0.2, 0.25) is 0 Å². The van der Waals surface area contributed by atoms with Gasteiger partial charge in [-0.25, -0.2) is 5.48 Å². The summed E-state index contributed by atoms with van der Waals surface area (Å²) in [7, 11) is 0. The lowest BCUT2D eigenvalue weighted by Gasteiger charge is -2.08. The van der Waals surface area contributed by atoms with Crippen LogP contribution in [0.3, 0.4) is 0 Å². The van der Waals surface area contributed by atoms with Crippen LogP contribution < -0.4 is 5.48 Å². The van der Waals surface area contributed by atoms with Crippen LogP contribution >= 0.6 is 11.8 Å². The fraction of sp³-hybridized carbons (Fsp3) is 0.176. The van der Waals surface area contributed by atoms with Gasteiger partial charge in [0.05, 0.1) is 0 Å². The molecule has 0 bridgehead atoms. The number of hydrogen-bond acceptors (Lipinski definition) is 3. The number of benzene rings is 2. The molecule has 0 fully saturated rings. The van der Waals surface area contributed by atoms with Crippen LogP contribution in [0.25, 0.3) is 10.9 Å². The molecule has 21 heavy (non-hydrogen) atoms. The lowest BCUT2D eigenvalue weighted by atomic mass is 10.1. The summed E-state index contributed by atoms with van der Waals surface area (Å²) in [6.45, 7) is 0.617. The van der Waals surface area contributed by atoms with Gasteiger partial charge in [-0.2, -0.15) is 0 Å². The Kier molecular flexibility index (Phi) is 4.60. The van der Waals surface area contributed by atoms with Crippen molar-refractivity contribution in [2.45, 2.75) is 22.6 Å². The second kappa shape index (κ2) is 6.80. The molecule has 2 aromatic carbocycles. The van der Waals surface area contributed by atoms with Crippen LogP contribution in [0.1, 0.15) is 12.0 Å². The first-order valence-electron chi connectivity index (χ1n) is 7.07. The Hall–Kier alpha value is -1.75. The van der Waals surface area contributed by atoms with Crippen molar-refractivity contribution in [1.29, 1.82) is 0 Å². The molecule has 0 amide bonds. The summed E-state index contributed by atoms with van der Waals surface area (Å²) in [5, 5.41) is 9.94. The fourth-order valence-electron chi connectivity index (χ4n) is 2.42. The van der Waals surface area contributed by atoms with Crippen LogP contribution in [0, 0.1) is 0 Å². The molecule has 3 nitrogen and oxygen atoms in total. The number of aromatic nitrogens is 1. The van der Waals surface area contributed by atoms with Crippen LogP contribution in [-0.2, 0) is 6.42 Å². The maximum atomic E-state index is 8.68. The summed E-state index contributed by atoms with van der Waals surface area (Å²) in [5.41, 5.74) is 4.71. The number of rotatable bonds is 6. The summed E-state index contributed by atoms with van der Waals surface area (Å²) in [5.74, 6) is 0. The summed E-state index contributed by atoms with van der Waals surface area (Å²) in [6, 6.07) is 16.8. The zero-order chi connectivity index (χ0) is 14.5. The van der Waals surface area contributed by atoms with Gasteiger partial charge in [-0.05, 0) is 30.5 Å². The smallest absolute Gasteiger partial charge is 0.0465 e. The zero-order valence-corrected chi connectivity index (χ0v) is 12.5. The second-order valence-corrected chi connectivity index (χ2v) is 6.00. The topological polar surface area (TPSA) is 48.0 Å². The number of para-hydroxylation sites is 1. The van der Waals surface area contributed by atoms with E-state index in [2.05, 4.69) is 59.1 Å². The largest absolute Gasteiger partial charge is 0.360 e. The highest BCUT2D eigenvalue weighted by molar-refractivity contribution is 7.99. The highest BCUT2D eigenvalue weighted by Gasteiger charge is 2.08. The first-order valence-corrected chi connectivity index (χ1v) is 7.89. The Bertz CT molecular complexity index is 723. The molecule has 4 heteroatoms. The minimum atomic E-state index is 0.617. The summed E-state index contributed by atoms with van der Waals surface area (Å²) in [6.07, 6.45) is 3.95. The molecule has 0 spiro atoms. The maximum absolute atomic E-state index is 8.68. The van der Waals surface area contributed by atoms with E-state index in [4.69, 9.17) is 5.21 Å². The minimum Gasteiger partial charge on any atom is -0.360 e. The van der Waals surface area contributed by atoms with E-state index in [9.17, 15) is 0 Å². The zero-order valence-electron chi connectivity index (χ0n) is 11.7. The van der Waals surface area contributed by atoms with Crippen molar-refractivity contribution in [3.05, 3.63) is 60.3 Å². The maximum Gasteiger partial charge on any atom is 0.0465 e. The Labute approximate surface area is 128 Å². The molecular formula is C17H18N2OS.